The first-order valence-electron chi connectivity index (χ1n) is 10.2. The van der Waals surface area contributed by atoms with Crippen LogP contribution in [-0.4, -0.2) is 51.7 Å². The summed E-state index contributed by atoms with van der Waals surface area (Å²) >= 11 is 0. The number of aryl methyl sites for hydroxylation is 3. The molecule has 3 heterocycles. The van der Waals surface area contributed by atoms with Crippen LogP contribution in [0.1, 0.15) is 33.7 Å². The maximum absolute atomic E-state index is 12.8. The molecular formula is C22H28N4O. The van der Waals surface area contributed by atoms with Crippen LogP contribution >= 0.6 is 0 Å². The van der Waals surface area contributed by atoms with Gasteiger partial charge >= 0.3 is 0 Å². The summed E-state index contributed by atoms with van der Waals surface area (Å²) in [5, 5.41) is 4.61. The number of likely N-dealkylation sites (tertiary alicyclic amines) is 1. The third-order valence-electron chi connectivity index (χ3n) is 6.72. The second kappa shape index (κ2) is 6.48. The molecule has 0 radical (unpaired) electrons. The zero-order valence-electron chi connectivity index (χ0n) is 16.3. The van der Waals surface area contributed by atoms with Crippen LogP contribution in [0.25, 0.3) is 0 Å². The Labute approximate surface area is 161 Å². The predicted molar refractivity (Wildman–Crippen MR) is 104 cm³/mol. The largest absolute Gasteiger partial charge is 0.338 e. The molecule has 1 unspecified atom stereocenters. The first-order chi connectivity index (χ1) is 13.1. The van der Waals surface area contributed by atoms with Gasteiger partial charge in [0.1, 0.15) is 0 Å². The van der Waals surface area contributed by atoms with E-state index in [-0.39, 0.29) is 5.91 Å². The zero-order valence-corrected chi connectivity index (χ0v) is 16.3. The van der Waals surface area contributed by atoms with Crippen molar-refractivity contribution in [2.75, 3.05) is 26.2 Å². The summed E-state index contributed by atoms with van der Waals surface area (Å²) in [7, 11) is 0. The van der Waals surface area contributed by atoms with Gasteiger partial charge in [0.05, 0.1) is 11.4 Å². The molecule has 1 aromatic heterocycles. The van der Waals surface area contributed by atoms with Crippen molar-refractivity contribution in [2.24, 2.45) is 17.8 Å². The standard InChI is InChI=1S/C22H28N4O/c1-15-6-3-4-7-18(15)22(27)25-13-20-19(21(20)14-25)12-24-8-5-9-26-17(11-24)10-16(2)23-26/h3-4,6-7,10,19-21H,5,8-9,11-14H2,1-2H3/t19?,20-,21+. The molecule has 1 saturated heterocycles. The summed E-state index contributed by atoms with van der Waals surface area (Å²) in [6.07, 6.45) is 1.17. The van der Waals surface area contributed by atoms with Gasteiger partial charge in [-0.1, -0.05) is 18.2 Å². The van der Waals surface area contributed by atoms with Crippen molar-refractivity contribution in [1.29, 1.82) is 0 Å². The van der Waals surface area contributed by atoms with Gasteiger partial charge in [0.15, 0.2) is 0 Å². The Morgan fingerprint density at radius 1 is 1.15 bits per heavy atom. The van der Waals surface area contributed by atoms with Crippen molar-refractivity contribution in [1.82, 2.24) is 19.6 Å². The summed E-state index contributed by atoms with van der Waals surface area (Å²) in [4.78, 5) is 17.5. The second-order valence-electron chi connectivity index (χ2n) is 8.61. The Morgan fingerprint density at radius 2 is 1.93 bits per heavy atom. The molecule has 1 amide bonds. The number of benzene rings is 1. The summed E-state index contributed by atoms with van der Waals surface area (Å²) in [5.74, 6) is 2.38. The van der Waals surface area contributed by atoms with Crippen molar-refractivity contribution in [3.05, 3.63) is 52.8 Å². The van der Waals surface area contributed by atoms with Gasteiger partial charge in [0.2, 0.25) is 0 Å². The molecule has 2 fully saturated rings. The molecule has 2 aliphatic heterocycles. The fraction of sp³-hybridized carbons (Fsp3) is 0.545. The minimum absolute atomic E-state index is 0.216. The van der Waals surface area contributed by atoms with Gasteiger partial charge in [0.25, 0.3) is 5.91 Å². The molecular weight excluding hydrogens is 336 g/mol. The van der Waals surface area contributed by atoms with Crippen molar-refractivity contribution in [2.45, 2.75) is 33.4 Å². The van der Waals surface area contributed by atoms with Crippen LogP contribution in [0.4, 0.5) is 0 Å². The number of nitrogens with zero attached hydrogens (tertiary/aromatic N) is 4. The van der Waals surface area contributed by atoms with Crippen LogP contribution in [0.15, 0.2) is 30.3 Å². The maximum Gasteiger partial charge on any atom is 0.254 e. The van der Waals surface area contributed by atoms with Crippen LogP contribution in [-0.2, 0) is 13.1 Å². The number of carbonyl (C=O) groups is 1. The zero-order chi connectivity index (χ0) is 18.5. The van der Waals surface area contributed by atoms with E-state index >= 15 is 0 Å². The average molecular weight is 364 g/mol. The molecule has 0 spiro atoms. The third kappa shape index (κ3) is 3.08. The number of amides is 1. The smallest absolute Gasteiger partial charge is 0.254 e. The SMILES string of the molecule is Cc1cc2n(n1)CCCN(CC1[C@H]3CN(C(=O)c4ccccc4C)C[C@@H]13)C2. The highest BCUT2D eigenvalue weighted by Crippen LogP contribution is 2.52. The van der Waals surface area contributed by atoms with E-state index in [4.69, 9.17) is 0 Å². The number of hydrogen-bond acceptors (Lipinski definition) is 3. The van der Waals surface area contributed by atoms with Gasteiger partial charge in [-0.05, 0) is 55.7 Å². The Hall–Kier alpha value is -2.14. The molecule has 5 rings (SSSR count). The monoisotopic (exact) mass is 364 g/mol. The Kier molecular flexibility index (Phi) is 4.08. The Bertz CT molecular complexity index is 861. The Morgan fingerprint density at radius 3 is 2.70 bits per heavy atom. The first kappa shape index (κ1) is 17.0. The fourth-order valence-electron chi connectivity index (χ4n) is 5.20. The van der Waals surface area contributed by atoms with Gasteiger partial charge in [-0.15, -0.1) is 0 Å². The van der Waals surface area contributed by atoms with Crippen LogP contribution in [0.3, 0.4) is 0 Å². The van der Waals surface area contributed by atoms with Crippen molar-refractivity contribution >= 4 is 5.91 Å². The van der Waals surface area contributed by atoms with Gasteiger partial charge < -0.3 is 4.90 Å². The van der Waals surface area contributed by atoms with Crippen molar-refractivity contribution in [3.63, 3.8) is 0 Å². The summed E-state index contributed by atoms with van der Waals surface area (Å²) in [5.41, 5.74) is 4.43. The summed E-state index contributed by atoms with van der Waals surface area (Å²) < 4.78 is 2.19. The maximum atomic E-state index is 12.8. The Balaban J connectivity index is 1.19. The molecule has 27 heavy (non-hydrogen) atoms. The highest BCUT2D eigenvalue weighted by Gasteiger charge is 2.56. The molecule has 1 aromatic carbocycles. The van der Waals surface area contributed by atoms with E-state index in [0.29, 0.717) is 11.8 Å². The number of hydrogen-bond donors (Lipinski definition) is 0. The lowest BCUT2D eigenvalue weighted by molar-refractivity contribution is 0.0762. The predicted octanol–water partition coefficient (Wildman–Crippen LogP) is 2.72. The van der Waals surface area contributed by atoms with E-state index in [2.05, 4.69) is 32.6 Å². The number of piperidine rings is 1. The van der Waals surface area contributed by atoms with E-state index in [9.17, 15) is 4.79 Å². The molecule has 0 bridgehead atoms. The summed E-state index contributed by atoms with van der Waals surface area (Å²) in [6.45, 7) is 10.4. The van der Waals surface area contributed by atoms with E-state index in [1.807, 2.05) is 31.2 Å². The quantitative estimate of drug-likeness (QED) is 0.841. The number of rotatable bonds is 3. The molecule has 2 aromatic rings. The highest BCUT2D eigenvalue weighted by molar-refractivity contribution is 5.95. The van der Waals surface area contributed by atoms with Gasteiger partial charge in [-0.25, -0.2) is 0 Å². The average Bonchev–Trinajstić information content (AvgIpc) is 2.98. The van der Waals surface area contributed by atoms with E-state index < -0.39 is 0 Å². The number of fused-ring (bicyclic) bond motifs is 2. The van der Waals surface area contributed by atoms with Crippen LogP contribution in [0.5, 0.6) is 0 Å². The molecule has 5 heteroatoms. The lowest BCUT2D eigenvalue weighted by Crippen LogP contribution is -2.34. The fourth-order valence-corrected chi connectivity index (χ4v) is 5.20. The molecule has 3 aliphatic rings. The third-order valence-corrected chi connectivity index (χ3v) is 6.72. The van der Waals surface area contributed by atoms with E-state index in [0.717, 1.165) is 55.5 Å². The number of carbonyl (C=O) groups excluding carboxylic acids is 1. The van der Waals surface area contributed by atoms with E-state index in [1.54, 1.807) is 0 Å². The minimum Gasteiger partial charge on any atom is -0.338 e. The first-order valence-corrected chi connectivity index (χ1v) is 10.2. The van der Waals surface area contributed by atoms with Gasteiger partial charge in [-0.3, -0.25) is 14.4 Å². The molecule has 5 nitrogen and oxygen atoms in total. The van der Waals surface area contributed by atoms with Crippen molar-refractivity contribution < 1.29 is 4.79 Å². The second-order valence-corrected chi connectivity index (χ2v) is 8.61. The van der Waals surface area contributed by atoms with E-state index in [1.165, 1.54) is 18.7 Å². The molecule has 3 atom stereocenters. The normalized spacial score (nSPS) is 27.2. The molecule has 1 aliphatic carbocycles. The van der Waals surface area contributed by atoms with Crippen LogP contribution in [0, 0.1) is 31.6 Å². The molecule has 142 valence electrons. The lowest BCUT2D eigenvalue weighted by Gasteiger charge is -2.24. The topological polar surface area (TPSA) is 41.4 Å². The molecule has 0 N–H and O–H groups in total. The lowest BCUT2D eigenvalue weighted by atomic mass is 10.1. The highest BCUT2D eigenvalue weighted by atomic mass is 16.2. The van der Waals surface area contributed by atoms with Crippen LogP contribution in [0.2, 0.25) is 0 Å². The van der Waals surface area contributed by atoms with Crippen LogP contribution < -0.4 is 0 Å². The van der Waals surface area contributed by atoms with Crippen molar-refractivity contribution in [3.8, 4) is 0 Å². The minimum atomic E-state index is 0.216. The molecule has 1 saturated carbocycles. The van der Waals surface area contributed by atoms with Gasteiger partial charge in [-0.2, -0.15) is 5.10 Å². The summed E-state index contributed by atoms with van der Waals surface area (Å²) in [6, 6.07) is 10.2. The van der Waals surface area contributed by atoms with Gasteiger partial charge in [0, 0.05) is 44.8 Å². The number of aromatic nitrogens is 2.